The van der Waals surface area contributed by atoms with Crippen LogP contribution in [0, 0.1) is 18.7 Å². The van der Waals surface area contributed by atoms with E-state index in [1.807, 2.05) is 36.1 Å². The first-order valence-corrected chi connectivity index (χ1v) is 9.75. The zero-order valence-electron chi connectivity index (χ0n) is 16.7. The number of amides is 2. The molecule has 0 unspecified atom stereocenters. The van der Waals surface area contributed by atoms with Gasteiger partial charge in [-0.05, 0) is 42.2 Å². The zero-order valence-corrected chi connectivity index (χ0v) is 16.7. The van der Waals surface area contributed by atoms with Crippen molar-refractivity contribution in [2.75, 3.05) is 13.1 Å². The summed E-state index contributed by atoms with van der Waals surface area (Å²) in [6, 6.07) is 13.7. The Labute approximate surface area is 166 Å². The monoisotopic (exact) mass is 382 g/mol. The Morgan fingerprint density at radius 3 is 2.46 bits per heavy atom. The summed E-state index contributed by atoms with van der Waals surface area (Å²) in [6.45, 7) is 7.40. The standard InChI is InChI=1S/C23H27FN2O2/c1-16(2)21-15-25(23(28)20-7-5-4-6-17(20)3)13-12-22(27)26(21)14-18-8-10-19(24)11-9-18/h4-11,16,21H,12-15H2,1-3H3/t21-/m1/s1. The smallest absolute Gasteiger partial charge is 0.254 e. The van der Waals surface area contributed by atoms with Crippen LogP contribution in [0.3, 0.4) is 0 Å². The van der Waals surface area contributed by atoms with Crippen molar-refractivity contribution in [2.24, 2.45) is 5.92 Å². The quantitative estimate of drug-likeness (QED) is 0.801. The molecule has 4 nitrogen and oxygen atoms in total. The molecule has 0 radical (unpaired) electrons. The van der Waals surface area contributed by atoms with Gasteiger partial charge in [0.05, 0.1) is 6.04 Å². The Kier molecular flexibility index (Phi) is 6.12. The van der Waals surface area contributed by atoms with E-state index in [0.29, 0.717) is 31.6 Å². The SMILES string of the molecule is Cc1ccccc1C(=O)N1CCC(=O)N(Cc2ccc(F)cc2)[C@@H](C(C)C)C1. The Morgan fingerprint density at radius 1 is 1.14 bits per heavy atom. The van der Waals surface area contributed by atoms with Gasteiger partial charge in [-0.15, -0.1) is 0 Å². The van der Waals surface area contributed by atoms with Gasteiger partial charge in [0.2, 0.25) is 5.91 Å². The van der Waals surface area contributed by atoms with Gasteiger partial charge in [0, 0.05) is 31.6 Å². The fraction of sp³-hybridized carbons (Fsp3) is 0.391. The van der Waals surface area contributed by atoms with Crippen molar-refractivity contribution >= 4 is 11.8 Å². The van der Waals surface area contributed by atoms with Crippen LogP contribution >= 0.6 is 0 Å². The Bertz CT molecular complexity index is 848. The van der Waals surface area contributed by atoms with Crippen LogP contribution in [0.5, 0.6) is 0 Å². The first-order valence-electron chi connectivity index (χ1n) is 9.75. The molecule has 2 aromatic rings. The summed E-state index contributed by atoms with van der Waals surface area (Å²) in [5.41, 5.74) is 2.51. The maximum atomic E-state index is 13.2. The third kappa shape index (κ3) is 4.41. The summed E-state index contributed by atoms with van der Waals surface area (Å²) >= 11 is 0. The lowest BCUT2D eigenvalue weighted by atomic mass is 10.0. The molecule has 1 atom stereocenters. The van der Waals surface area contributed by atoms with E-state index < -0.39 is 0 Å². The molecular formula is C23H27FN2O2. The molecule has 2 amide bonds. The number of hydrogen-bond acceptors (Lipinski definition) is 2. The van der Waals surface area contributed by atoms with E-state index >= 15 is 0 Å². The molecule has 3 rings (SSSR count). The maximum Gasteiger partial charge on any atom is 0.254 e. The highest BCUT2D eigenvalue weighted by atomic mass is 19.1. The zero-order chi connectivity index (χ0) is 20.3. The van der Waals surface area contributed by atoms with Crippen LogP contribution in [-0.4, -0.2) is 40.7 Å². The lowest BCUT2D eigenvalue weighted by Crippen LogP contribution is -2.47. The molecule has 0 spiro atoms. The molecule has 2 aromatic carbocycles. The predicted octanol–water partition coefficient (Wildman–Crippen LogP) is 4.03. The second-order valence-electron chi connectivity index (χ2n) is 7.78. The molecule has 0 saturated carbocycles. The van der Waals surface area contributed by atoms with E-state index in [1.165, 1.54) is 12.1 Å². The molecule has 0 aromatic heterocycles. The average Bonchev–Trinajstić information content (AvgIpc) is 2.83. The van der Waals surface area contributed by atoms with E-state index in [0.717, 1.165) is 11.1 Å². The number of aryl methyl sites for hydroxylation is 1. The molecule has 148 valence electrons. The summed E-state index contributed by atoms with van der Waals surface area (Å²) in [5.74, 6) is -0.0979. The van der Waals surface area contributed by atoms with E-state index in [-0.39, 0.29) is 29.6 Å². The van der Waals surface area contributed by atoms with Crippen LogP contribution in [0.25, 0.3) is 0 Å². The van der Waals surface area contributed by atoms with Crippen LogP contribution in [0.2, 0.25) is 0 Å². The van der Waals surface area contributed by atoms with Crippen LogP contribution in [0.4, 0.5) is 4.39 Å². The first kappa shape index (κ1) is 20.1. The van der Waals surface area contributed by atoms with Gasteiger partial charge in [-0.1, -0.05) is 44.2 Å². The molecule has 1 aliphatic rings. The number of halogens is 1. The highest BCUT2D eigenvalue weighted by Crippen LogP contribution is 2.23. The van der Waals surface area contributed by atoms with Crippen molar-refractivity contribution in [3.63, 3.8) is 0 Å². The number of carbonyl (C=O) groups excluding carboxylic acids is 2. The van der Waals surface area contributed by atoms with Crippen LogP contribution < -0.4 is 0 Å². The molecular weight excluding hydrogens is 355 g/mol. The maximum absolute atomic E-state index is 13.2. The van der Waals surface area contributed by atoms with Crippen molar-refractivity contribution in [3.8, 4) is 0 Å². The van der Waals surface area contributed by atoms with Gasteiger partial charge in [-0.25, -0.2) is 4.39 Å². The Hall–Kier alpha value is -2.69. The second-order valence-corrected chi connectivity index (χ2v) is 7.78. The molecule has 1 saturated heterocycles. The van der Waals surface area contributed by atoms with Crippen molar-refractivity contribution < 1.29 is 14.0 Å². The fourth-order valence-electron chi connectivity index (χ4n) is 3.71. The van der Waals surface area contributed by atoms with Crippen molar-refractivity contribution in [1.29, 1.82) is 0 Å². The molecule has 1 fully saturated rings. The summed E-state index contributed by atoms with van der Waals surface area (Å²) < 4.78 is 13.2. The normalized spacial score (nSPS) is 17.8. The van der Waals surface area contributed by atoms with Crippen LogP contribution in [0.15, 0.2) is 48.5 Å². The summed E-state index contributed by atoms with van der Waals surface area (Å²) in [4.78, 5) is 29.6. The first-order chi connectivity index (χ1) is 13.4. The highest BCUT2D eigenvalue weighted by molar-refractivity contribution is 5.96. The number of nitrogens with zero attached hydrogens (tertiary/aromatic N) is 2. The van der Waals surface area contributed by atoms with Crippen molar-refractivity contribution in [2.45, 2.75) is 39.8 Å². The van der Waals surface area contributed by atoms with Gasteiger partial charge in [-0.3, -0.25) is 9.59 Å². The molecule has 28 heavy (non-hydrogen) atoms. The van der Waals surface area contributed by atoms with E-state index in [1.54, 1.807) is 17.0 Å². The summed E-state index contributed by atoms with van der Waals surface area (Å²) in [7, 11) is 0. The molecule has 1 heterocycles. The molecule has 0 aliphatic carbocycles. The Morgan fingerprint density at radius 2 is 1.82 bits per heavy atom. The third-order valence-electron chi connectivity index (χ3n) is 5.42. The largest absolute Gasteiger partial charge is 0.336 e. The number of carbonyl (C=O) groups is 2. The van der Waals surface area contributed by atoms with Gasteiger partial charge in [0.15, 0.2) is 0 Å². The van der Waals surface area contributed by atoms with Crippen molar-refractivity contribution in [3.05, 3.63) is 71.0 Å². The second kappa shape index (κ2) is 8.55. The molecule has 1 aliphatic heterocycles. The lowest BCUT2D eigenvalue weighted by molar-refractivity contribution is -0.134. The third-order valence-corrected chi connectivity index (χ3v) is 5.42. The average molecular weight is 382 g/mol. The van der Waals surface area contributed by atoms with Gasteiger partial charge < -0.3 is 9.80 Å². The van der Waals surface area contributed by atoms with Crippen LogP contribution in [-0.2, 0) is 11.3 Å². The Balaban J connectivity index is 1.84. The number of hydrogen-bond donors (Lipinski definition) is 0. The number of rotatable bonds is 4. The molecule has 0 bridgehead atoms. The minimum absolute atomic E-state index is 0.0276. The van der Waals surface area contributed by atoms with Crippen LogP contribution in [0.1, 0.15) is 41.8 Å². The summed E-state index contributed by atoms with van der Waals surface area (Å²) in [5, 5.41) is 0. The van der Waals surface area contributed by atoms with E-state index in [9.17, 15) is 14.0 Å². The minimum atomic E-state index is -0.290. The van der Waals surface area contributed by atoms with Gasteiger partial charge in [-0.2, -0.15) is 0 Å². The fourth-order valence-corrected chi connectivity index (χ4v) is 3.71. The lowest BCUT2D eigenvalue weighted by Gasteiger charge is -2.35. The van der Waals surface area contributed by atoms with E-state index in [4.69, 9.17) is 0 Å². The number of benzene rings is 2. The topological polar surface area (TPSA) is 40.6 Å². The molecule has 5 heteroatoms. The summed E-state index contributed by atoms with van der Waals surface area (Å²) in [6.07, 6.45) is 0.294. The highest BCUT2D eigenvalue weighted by Gasteiger charge is 2.33. The predicted molar refractivity (Wildman–Crippen MR) is 107 cm³/mol. The van der Waals surface area contributed by atoms with Gasteiger partial charge in [0.25, 0.3) is 5.91 Å². The van der Waals surface area contributed by atoms with Gasteiger partial charge >= 0.3 is 0 Å². The van der Waals surface area contributed by atoms with Gasteiger partial charge in [0.1, 0.15) is 5.82 Å². The minimum Gasteiger partial charge on any atom is -0.336 e. The van der Waals surface area contributed by atoms with E-state index in [2.05, 4.69) is 13.8 Å². The van der Waals surface area contributed by atoms with Crippen molar-refractivity contribution in [1.82, 2.24) is 9.80 Å². The molecule has 0 N–H and O–H groups in total.